The maximum Gasteiger partial charge on any atom is 0.337 e. The lowest BCUT2D eigenvalue weighted by Gasteiger charge is -2.19. The minimum atomic E-state index is -0.595. The highest BCUT2D eigenvalue weighted by Crippen LogP contribution is 2.15. The number of carbonyl (C=O) groups excluding carboxylic acids is 2. The molecule has 5 heteroatoms. The molecular formula is C15H19FO4. The molecule has 0 unspecified atom stereocenters. The number of halogens is 1. The summed E-state index contributed by atoms with van der Waals surface area (Å²) in [6.45, 7) is 5.32. The zero-order chi connectivity index (χ0) is 15.3. The summed E-state index contributed by atoms with van der Waals surface area (Å²) < 4.78 is 23.4. The first-order valence-electron chi connectivity index (χ1n) is 6.31. The minimum absolute atomic E-state index is 0.0890. The van der Waals surface area contributed by atoms with Crippen LogP contribution in [0.25, 0.3) is 0 Å². The van der Waals surface area contributed by atoms with Gasteiger partial charge < -0.3 is 9.47 Å². The average molecular weight is 282 g/mol. The van der Waals surface area contributed by atoms with Gasteiger partial charge in [0.1, 0.15) is 11.4 Å². The van der Waals surface area contributed by atoms with Crippen LogP contribution in [-0.4, -0.2) is 24.6 Å². The van der Waals surface area contributed by atoms with Crippen LogP contribution in [0.3, 0.4) is 0 Å². The minimum Gasteiger partial charge on any atom is -0.465 e. The van der Waals surface area contributed by atoms with Gasteiger partial charge in [-0.1, -0.05) is 6.07 Å². The molecule has 0 amide bonds. The lowest BCUT2D eigenvalue weighted by Crippen LogP contribution is -2.24. The Labute approximate surface area is 117 Å². The second kappa shape index (κ2) is 6.50. The molecule has 0 saturated carbocycles. The summed E-state index contributed by atoms with van der Waals surface area (Å²) in [7, 11) is 1.23. The standard InChI is InChI=1S/C15H19FO4/c1-15(2,3)20-13(17)8-7-10-5-6-11(9-12(10)16)14(18)19-4/h5-6,9H,7-8H2,1-4H3. The van der Waals surface area contributed by atoms with E-state index < -0.39 is 17.4 Å². The van der Waals surface area contributed by atoms with E-state index in [-0.39, 0.29) is 24.4 Å². The number of rotatable bonds is 4. The molecule has 0 atom stereocenters. The van der Waals surface area contributed by atoms with E-state index in [9.17, 15) is 14.0 Å². The summed E-state index contributed by atoms with van der Waals surface area (Å²) in [5.74, 6) is -1.51. The van der Waals surface area contributed by atoms with E-state index in [1.807, 2.05) is 0 Å². The first-order valence-corrected chi connectivity index (χ1v) is 6.31. The molecular weight excluding hydrogens is 263 g/mol. The van der Waals surface area contributed by atoms with E-state index in [1.54, 1.807) is 20.8 Å². The van der Waals surface area contributed by atoms with Crippen LogP contribution >= 0.6 is 0 Å². The van der Waals surface area contributed by atoms with E-state index in [0.717, 1.165) is 6.07 Å². The zero-order valence-corrected chi connectivity index (χ0v) is 12.2. The number of hydrogen-bond donors (Lipinski definition) is 0. The molecule has 0 fully saturated rings. The van der Waals surface area contributed by atoms with Crippen molar-refractivity contribution in [3.05, 3.63) is 35.1 Å². The highest BCUT2D eigenvalue weighted by atomic mass is 19.1. The number of aryl methyl sites for hydroxylation is 1. The zero-order valence-electron chi connectivity index (χ0n) is 12.2. The SMILES string of the molecule is COC(=O)c1ccc(CCC(=O)OC(C)(C)C)c(F)c1. The molecule has 0 aliphatic rings. The van der Waals surface area contributed by atoms with E-state index >= 15 is 0 Å². The summed E-state index contributed by atoms with van der Waals surface area (Å²) >= 11 is 0. The third kappa shape index (κ3) is 4.99. The fraction of sp³-hybridized carbons (Fsp3) is 0.467. The van der Waals surface area contributed by atoms with Gasteiger partial charge in [-0.3, -0.25) is 4.79 Å². The Morgan fingerprint density at radius 3 is 2.40 bits per heavy atom. The number of benzene rings is 1. The van der Waals surface area contributed by atoms with Gasteiger partial charge in [0.2, 0.25) is 0 Å². The van der Waals surface area contributed by atoms with Crippen LogP contribution in [0, 0.1) is 5.82 Å². The molecule has 0 N–H and O–H groups in total. The first kappa shape index (κ1) is 16.1. The van der Waals surface area contributed by atoms with Gasteiger partial charge in [0, 0.05) is 6.42 Å². The average Bonchev–Trinajstić information content (AvgIpc) is 2.34. The van der Waals surface area contributed by atoms with Gasteiger partial charge in [0.15, 0.2) is 0 Å². The van der Waals surface area contributed by atoms with Crippen molar-refractivity contribution in [2.75, 3.05) is 7.11 Å². The molecule has 0 aliphatic heterocycles. The van der Waals surface area contributed by atoms with Gasteiger partial charge >= 0.3 is 11.9 Å². The molecule has 0 heterocycles. The van der Waals surface area contributed by atoms with Gasteiger partial charge in [0.05, 0.1) is 12.7 Å². The summed E-state index contributed by atoms with van der Waals surface area (Å²) in [4.78, 5) is 22.8. The van der Waals surface area contributed by atoms with Gasteiger partial charge in [-0.25, -0.2) is 9.18 Å². The van der Waals surface area contributed by atoms with Crippen molar-refractivity contribution in [3.63, 3.8) is 0 Å². The summed E-state index contributed by atoms with van der Waals surface area (Å²) in [5.41, 5.74) is -0.0424. The lowest BCUT2D eigenvalue weighted by atomic mass is 10.1. The predicted octanol–water partition coefficient (Wildman–Crippen LogP) is 2.89. The lowest BCUT2D eigenvalue weighted by molar-refractivity contribution is -0.154. The smallest absolute Gasteiger partial charge is 0.337 e. The first-order chi connectivity index (χ1) is 9.23. The van der Waals surface area contributed by atoms with E-state index in [4.69, 9.17) is 4.74 Å². The number of esters is 2. The quantitative estimate of drug-likeness (QED) is 0.797. The van der Waals surface area contributed by atoms with Gasteiger partial charge in [-0.2, -0.15) is 0 Å². The van der Waals surface area contributed by atoms with Crippen molar-refractivity contribution in [1.82, 2.24) is 0 Å². The van der Waals surface area contributed by atoms with Gasteiger partial charge in [-0.05, 0) is 44.9 Å². The van der Waals surface area contributed by atoms with Gasteiger partial charge in [0.25, 0.3) is 0 Å². The fourth-order valence-electron chi connectivity index (χ4n) is 1.62. The topological polar surface area (TPSA) is 52.6 Å². The van der Waals surface area contributed by atoms with Crippen LogP contribution in [0.5, 0.6) is 0 Å². The maximum atomic E-state index is 13.8. The Morgan fingerprint density at radius 2 is 1.90 bits per heavy atom. The molecule has 0 aliphatic carbocycles. The van der Waals surface area contributed by atoms with Crippen molar-refractivity contribution >= 4 is 11.9 Å². The number of ether oxygens (including phenoxy) is 2. The summed E-state index contributed by atoms with van der Waals surface area (Å²) in [5, 5.41) is 0. The fourth-order valence-corrected chi connectivity index (χ4v) is 1.62. The van der Waals surface area contributed by atoms with Crippen LogP contribution in [0.1, 0.15) is 43.1 Å². The van der Waals surface area contributed by atoms with E-state index in [0.29, 0.717) is 5.56 Å². The number of methoxy groups -OCH3 is 1. The van der Waals surface area contributed by atoms with E-state index in [2.05, 4.69) is 4.74 Å². The molecule has 0 saturated heterocycles. The molecule has 0 bridgehead atoms. The van der Waals surface area contributed by atoms with Crippen LogP contribution in [0.2, 0.25) is 0 Å². The molecule has 0 radical (unpaired) electrons. The monoisotopic (exact) mass is 282 g/mol. The Morgan fingerprint density at radius 1 is 1.25 bits per heavy atom. The van der Waals surface area contributed by atoms with Crippen LogP contribution in [-0.2, 0) is 20.7 Å². The largest absolute Gasteiger partial charge is 0.465 e. The Hall–Kier alpha value is -1.91. The maximum absolute atomic E-state index is 13.8. The van der Waals surface area contributed by atoms with Crippen LogP contribution < -0.4 is 0 Å². The summed E-state index contributed by atoms with van der Waals surface area (Å²) in [6, 6.07) is 4.06. The van der Waals surface area contributed by atoms with Crippen molar-refractivity contribution in [3.8, 4) is 0 Å². The number of carbonyl (C=O) groups is 2. The summed E-state index contributed by atoms with van der Waals surface area (Å²) in [6.07, 6.45) is 0.313. The number of hydrogen-bond acceptors (Lipinski definition) is 4. The third-order valence-electron chi connectivity index (χ3n) is 2.49. The normalized spacial score (nSPS) is 11.1. The molecule has 0 aromatic heterocycles. The van der Waals surface area contributed by atoms with Crippen molar-refractivity contribution in [2.45, 2.75) is 39.2 Å². The van der Waals surface area contributed by atoms with Crippen LogP contribution in [0.15, 0.2) is 18.2 Å². The molecule has 1 aromatic carbocycles. The Bertz CT molecular complexity index is 503. The molecule has 110 valence electrons. The van der Waals surface area contributed by atoms with Gasteiger partial charge in [-0.15, -0.1) is 0 Å². The predicted molar refractivity (Wildman–Crippen MR) is 71.9 cm³/mol. The third-order valence-corrected chi connectivity index (χ3v) is 2.49. The van der Waals surface area contributed by atoms with Crippen molar-refractivity contribution in [2.24, 2.45) is 0 Å². The molecule has 0 spiro atoms. The molecule has 20 heavy (non-hydrogen) atoms. The highest BCUT2D eigenvalue weighted by Gasteiger charge is 2.17. The Balaban J connectivity index is 2.66. The van der Waals surface area contributed by atoms with E-state index in [1.165, 1.54) is 19.2 Å². The van der Waals surface area contributed by atoms with Crippen molar-refractivity contribution < 1.29 is 23.5 Å². The molecule has 1 aromatic rings. The van der Waals surface area contributed by atoms with Crippen LogP contribution in [0.4, 0.5) is 4.39 Å². The molecule has 4 nitrogen and oxygen atoms in total. The highest BCUT2D eigenvalue weighted by molar-refractivity contribution is 5.89. The Kier molecular flexibility index (Phi) is 5.25. The molecule has 1 rings (SSSR count). The van der Waals surface area contributed by atoms with Crippen molar-refractivity contribution in [1.29, 1.82) is 0 Å². The second-order valence-electron chi connectivity index (χ2n) is 5.38. The second-order valence-corrected chi connectivity index (χ2v) is 5.38.